The number of rotatable bonds is 29. The fourth-order valence-corrected chi connectivity index (χ4v) is 4.90. The summed E-state index contributed by atoms with van der Waals surface area (Å²) in [6, 6.07) is 0. The number of hydrogen-bond acceptors (Lipinski definition) is 10. The molecule has 2 atom stereocenters. The molecule has 0 amide bonds. The third-order valence-corrected chi connectivity index (χ3v) is 7.96. The summed E-state index contributed by atoms with van der Waals surface area (Å²) in [5, 5.41) is 28.5. The summed E-state index contributed by atoms with van der Waals surface area (Å²) in [5.74, 6) is -2.35. The molecule has 2 N–H and O–H groups in total. The first-order chi connectivity index (χ1) is 26.8. The van der Waals surface area contributed by atoms with E-state index in [4.69, 9.17) is 14.2 Å². The summed E-state index contributed by atoms with van der Waals surface area (Å²) in [6.45, 7) is 23.8. The maximum absolute atomic E-state index is 11.2. The Balaban J connectivity index is -0.000000239. The summed E-state index contributed by atoms with van der Waals surface area (Å²) >= 11 is 0. The lowest BCUT2D eigenvalue weighted by molar-refractivity contribution is -0.873. The predicted molar refractivity (Wildman–Crippen MR) is 234 cm³/mol. The van der Waals surface area contributed by atoms with E-state index >= 15 is 0 Å². The number of aliphatic hydroxyl groups is 2. The fraction of sp³-hybridized carbons (Fsp3) is 0.739. The van der Waals surface area contributed by atoms with Gasteiger partial charge in [0.1, 0.15) is 38.5 Å². The third kappa shape index (κ3) is 57.1. The molecular formula is C46H87ClN2O10. The second-order valence-corrected chi connectivity index (χ2v) is 17.3. The molecule has 0 aliphatic carbocycles. The van der Waals surface area contributed by atoms with E-state index in [0.717, 1.165) is 6.42 Å². The largest absolute Gasteiger partial charge is 1.00 e. The topological polar surface area (TPSA) is 159 Å². The van der Waals surface area contributed by atoms with Crippen LogP contribution in [0.15, 0.2) is 48.6 Å². The van der Waals surface area contributed by atoms with Crippen LogP contribution in [0.5, 0.6) is 0 Å². The highest BCUT2D eigenvalue weighted by molar-refractivity contribution is 5.87. The van der Waals surface area contributed by atoms with E-state index in [2.05, 4.69) is 33.2 Å². The molecule has 13 heteroatoms. The van der Waals surface area contributed by atoms with Crippen molar-refractivity contribution < 1.29 is 70.1 Å². The van der Waals surface area contributed by atoms with Crippen LogP contribution < -0.4 is 17.5 Å². The van der Waals surface area contributed by atoms with Crippen molar-refractivity contribution in [1.29, 1.82) is 0 Å². The summed E-state index contributed by atoms with van der Waals surface area (Å²) in [4.78, 5) is 42.6. The number of likely N-dealkylation sites (N-methyl/N-ethyl adjacent to an activating group) is 2. The van der Waals surface area contributed by atoms with Crippen molar-refractivity contribution in [1.82, 2.24) is 0 Å². The molecule has 0 spiro atoms. The molecule has 0 saturated carbocycles. The average molecular weight is 864 g/mol. The molecule has 0 rings (SSSR count). The average Bonchev–Trinajstić information content (AvgIpc) is 3.09. The Morgan fingerprint density at radius 3 is 0.949 bits per heavy atom. The van der Waals surface area contributed by atoms with Gasteiger partial charge in [0.15, 0.2) is 0 Å². The van der Waals surface area contributed by atoms with Crippen molar-refractivity contribution in [3.8, 4) is 0 Å². The molecule has 59 heavy (non-hydrogen) atoms. The first kappa shape index (κ1) is 65.1. The first-order valence-electron chi connectivity index (χ1n) is 21.1. The quantitative estimate of drug-likeness (QED) is 0.0370. The van der Waals surface area contributed by atoms with Crippen molar-refractivity contribution in [2.75, 3.05) is 75.2 Å². The molecule has 0 saturated heterocycles. The van der Waals surface area contributed by atoms with Crippen molar-refractivity contribution >= 4 is 23.9 Å². The smallest absolute Gasteiger partial charge is 0.333 e. The van der Waals surface area contributed by atoms with Crippen LogP contribution in [0, 0.1) is 0 Å². The molecule has 348 valence electrons. The van der Waals surface area contributed by atoms with Crippen molar-refractivity contribution in [2.45, 2.75) is 150 Å². The molecule has 0 aromatic carbocycles. The van der Waals surface area contributed by atoms with Gasteiger partial charge in [0.25, 0.3) is 0 Å². The number of halogens is 1. The van der Waals surface area contributed by atoms with Gasteiger partial charge in [-0.05, 0) is 39.7 Å². The molecule has 0 bridgehead atoms. The number of carboxylic acid groups (broad SMARTS) is 1. The van der Waals surface area contributed by atoms with Crippen LogP contribution in [0.2, 0.25) is 0 Å². The predicted octanol–water partition coefficient (Wildman–Crippen LogP) is 4.03. The number of aliphatic carboxylic acids is 1. The second kappa shape index (κ2) is 40.4. The maximum Gasteiger partial charge on any atom is 0.333 e. The molecule has 0 aliphatic heterocycles. The lowest BCUT2D eigenvalue weighted by Gasteiger charge is -2.26. The summed E-state index contributed by atoms with van der Waals surface area (Å²) in [5.41, 5.74) is 1.26. The van der Waals surface area contributed by atoms with Gasteiger partial charge in [-0.2, -0.15) is 0 Å². The Kier molecular flexibility index (Phi) is 44.6. The van der Waals surface area contributed by atoms with E-state index in [1.165, 1.54) is 103 Å². The fourth-order valence-electron chi connectivity index (χ4n) is 4.90. The Bertz CT molecular complexity index is 1120. The van der Waals surface area contributed by atoms with Crippen LogP contribution in [-0.4, -0.2) is 130 Å². The normalized spacial score (nSPS) is 11.5. The molecule has 0 fully saturated rings. The third-order valence-electron chi connectivity index (χ3n) is 7.96. The van der Waals surface area contributed by atoms with Gasteiger partial charge in [-0.1, -0.05) is 130 Å². The van der Waals surface area contributed by atoms with Gasteiger partial charge in [0.05, 0.1) is 54.9 Å². The summed E-state index contributed by atoms with van der Waals surface area (Å²) in [6.07, 6.45) is 20.5. The summed E-state index contributed by atoms with van der Waals surface area (Å²) in [7, 11) is 11.8. The lowest BCUT2D eigenvalue weighted by Crippen LogP contribution is -3.00. The van der Waals surface area contributed by atoms with Crippen LogP contribution in [0.4, 0.5) is 0 Å². The molecule has 0 aromatic heterocycles. The number of carbonyl (C=O) groups is 4. The van der Waals surface area contributed by atoms with Gasteiger partial charge in [0, 0.05) is 16.7 Å². The Morgan fingerprint density at radius 2 is 0.729 bits per heavy atom. The highest BCUT2D eigenvalue weighted by Crippen LogP contribution is 2.14. The molecule has 0 aromatic rings. The lowest BCUT2D eigenvalue weighted by atomic mass is 10.0. The first-order valence-corrected chi connectivity index (χ1v) is 21.1. The summed E-state index contributed by atoms with van der Waals surface area (Å²) < 4.78 is 16.0. The van der Waals surface area contributed by atoms with Crippen molar-refractivity contribution in [3.63, 3.8) is 0 Å². The van der Waals surface area contributed by atoms with Crippen LogP contribution in [-0.2, 0) is 33.4 Å². The van der Waals surface area contributed by atoms with Crippen LogP contribution in [0.1, 0.15) is 137 Å². The standard InChI is InChI=1S/C22H42O2.2C10H20NO3.C4H6O2.ClH/c1-4-5-6-7-8-9-10-11-12-13-14-15-16-17-18-19-20-24-22(23)21(2)3;2*1-8(2)10(13)14-7-9(12)6-11(3,4)5;1-3(2)4(5)6;/h2,4-20H2,1,3H3;2*9,12H,1,6-7H2,2-5H3;1H2,2H3,(H,5,6);1H/q;2*+1;;/p-2. The van der Waals surface area contributed by atoms with E-state index < -0.39 is 30.1 Å². The highest BCUT2D eigenvalue weighted by atomic mass is 35.5. The van der Waals surface area contributed by atoms with Crippen LogP contribution >= 0.6 is 0 Å². The number of nitrogens with zero attached hydrogens (tertiary/aromatic N) is 2. The Morgan fingerprint density at radius 1 is 0.492 bits per heavy atom. The van der Waals surface area contributed by atoms with Gasteiger partial charge < -0.3 is 55.7 Å². The molecule has 2 unspecified atom stereocenters. The van der Waals surface area contributed by atoms with E-state index in [1.807, 2.05) is 42.3 Å². The van der Waals surface area contributed by atoms with Gasteiger partial charge in [-0.15, -0.1) is 0 Å². The molecule has 0 radical (unpaired) electrons. The highest BCUT2D eigenvalue weighted by Gasteiger charge is 2.18. The maximum atomic E-state index is 11.2. The number of ether oxygens (including phenoxy) is 3. The van der Waals surface area contributed by atoms with Crippen LogP contribution in [0.3, 0.4) is 0 Å². The number of unbranched alkanes of at least 4 members (excludes halogenated alkanes) is 15. The number of quaternary nitrogens is 2. The van der Waals surface area contributed by atoms with Crippen molar-refractivity contribution in [2.24, 2.45) is 0 Å². The zero-order chi connectivity index (χ0) is 45.7. The van der Waals surface area contributed by atoms with Crippen LogP contribution in [0.25, 0.3) is 0 Å². The molecule has 0 aliphatic rings. The molecular weight excluding hydrogens is 776 g/mol. The van der Waals surface area contributed by atoms with Crippen molar-refractivity contribution in [3.05, 3.63) is 48.6 Å². The van der Waals surface area contributed by atoms with E-state index in [0.29, 0.717) is 45.4 Å². The SMILES string of the molecule is C=C(C)C(=O)OCC(O)C[N+](C)(C)C.C=C(C)C(=O)OCC(O)C[N+](C)(C)C.C=C(C)C(=O)OCCCCCCCCCCCCCCCCCC.C=C(C)C(=O)[O-].[Cl-]. The van der Waals surface area contributed by atoms with Gasteiger partial charge in [-0.25, -0.2) is 14.4 Å². The number of carboxylic acids is 1. The number of carbonyl (C=O) groups excluding carboxylic acids is 4. The number of aliphatic hydroxyl groups excluding tert-OH is 2. The van der Waals surface area contributed by atoms with E-state index in [-0.39, 0.29) is 37.2 Å². The van der Waals surface area contributed by atoms with Gasteiger partial charge in [-0.3, -0.25) is 0 Å². The number of esters is 3. The second-order valence-electron chi connectivity index (χ2n) is 17.3. The molecule has 12 nitrogen and oxygen atoms in total. The Labute approximate surface area is 366 Å². The Hall–Kier alpha value is -3.03. The van der Waals surface area contributed by atoms with E-state index in [9.17, 15) is 34.5 Å². The number of hydrogen-bond donors (Lipinski definition) is 2. The van der Waals surface area contributed by atoms with Gasteiger partial charge in [0.2, 0.25) is 0 Å². The zero-order valence-electron chi connectivity index (χ0n) is 39.3. The minimum absolute atomic E-state index is 0. The minimum atomic E-state index is -1.19. The minimum Gasteiger partial charge on any atom is -1.00 e. The van der Waals surface area contributed by atoms with Gasteiger partial charge >= 0.3 is 17.9 Å². The van der Waals surface area contributed by atoms with E-state index in [1.54, 1.807) is 20.8 Å². The monoisotopic (exact) mass is 863 g/mol. The zero-order valence-corrected chi connectivity index (χ0v) is 40.0. The molecule has 0 heterocycles.